The Kier molecular flexibility index (Phi) is 6.58. The van der Waals surface area contributed by atoms with Crippen LogP contribution in [0.15, 0.2) is 48.5 Å². The van der Waals surface area contributed by atoms with Gasteiger partial charge in [-0.3, -0.25) is 4.90 Å². The lowest BCUT2D eigenvalue weighted by Crippen LogP contribution is -2.48. The fraction of sp³-hybridized carbons (Fsp3) is 0.500. The molecule has 0 unspecified atom stereocenters. The number of hydrogen-bond donors (Lipinski definition) is 1. The highest BCUT2D eigenvalue weighted by molar-refractivity contribution is 5.85. The summed E-state index contributed by atoms with van der Waals surface area (Å²) in [4.78, 5) is 19.9. The maximum Gasteiger partial charge on any atom is 0.229 e. The minimum absolute atomic E-state index is 0.934. The van der Waals surface area contributed by atoms with E-state index in [1.807, 2.05) is 0 Å². The highest BCUT2D eigenvalue weighted by Gasteiger charge is 2.24. The molecule has 2 aromatic carbocycles. The van der Waals surface area contributed by atoms with Crippen molar-refractivity contribution >= 4 is 34.0 Å². The lowest BCUT2D eigenvalue weighted by Gasteiger charge is -2.36. The molecule has 1 aromatic heterocycles. The second-order valence-electron chi connectivity index (χ2n) is 10.1. The van der Waals surface area contributed by atoms with Gasteiger partial charge in [0.05, 0.1) is 0 Å². The van der Waals surface area contributed by atoms with Crippen LogP contribution in [0.1, 0.15) is 25.7 Å². The van der Waals surface area contributed by atoms with Crippen molar-refractivity contribution in [2.75, 3.05) is 85.5 Å². The number of rotatable bonds is 7. The number of nitrogens with zero attached hydrogens (tertiary/aromatic N) is 6. The number of anilines is 4. The molecule has 7 nitrogen and oxygen atoms in total. The second kappa shape index (κ2) is 10.3. The molecule has 0 atom stereocenters. The van der Waals surface area contributed by atoms with Crippen LogP contribution in [0.25, 0.3) is 10.8 Å². The van der Waals surface area contributed by atoms with E-state index in [0.717, 1.165) is 83.0 Å². The molecule has 3 aliphatic heterocycles. The van der Waals surface area contributed by atoms with Gasteiger partial charge in [-0.05, 0) is 48.6 Å². The van der Waals surface area contributed by atoms with E-state index in [2.05, 4.69) is 73.4 Å². The van der Waals surface area contributed by atoms with Gasteiger partial charge in [-0.15, -0.1) is 0 Å². The first kappa shape index (κ1) is 22.4. The highest BCUT2D eigenvalue weighted by atomic mass is 15.3. The lowest BCUT2D eigenvalue weighted by atomic mass is 10.1. The maximum absolute atomic E-state index is 5.05. The number of nitrogens with one attached hydrogen (secondary N) is 1. The minimum Gasteiger partial charge on any atom is -0.384 e. The number of benzene rings is 2. The number of piperazine rings is 1. The summed E-state index contributed by atoms with van der Waals surface area (Å²) < 4.78 is 0. The quantitative estimate of drug-likeness (QED) is 0.558. The third-order valence-corrected chi connectivity index (χ3v) is 7.71. The third kappa shape index (κ3) is 5.15. The van der Waals surface area contributed by atoms with Crippen LogP contribution in [0, 0.1) is 0 Å². The first-order chi connectivity index (χ1) is 17.3. The van der Waals surface area contributed by atoms with Gasteiger partial charge in [-0.25, -0.2) is 0 Å². The van der Waals surface area contributed by atoms with E-state index in [1.165, 1.54) is 42.1 Å². The molecule has 1 N–H and O–H groups in total. The van der Waals surface area contributed by atoms with Gasteiger partial charge in [0.1, 0.15) is 11.6 Å². The topological polar surface area (TPSA) is 50.8 Å². The molecule has 0 aliphatic carbocycles. The Labute approximate surface area is 208 Å². The fourth-order valence-electron chi connectivity index (χ4n) is 5.60. The van der Waals surface area contributed by atoms with Gasteiger partial charge in [0.2, 0.25) is 5.95 Å². The maximum atomic E-state index is 5.05. The molecule has 7 heteroatoms. The summed E-state index contributed by atoms with van der Waals surface area (Å²) >= 11 is 0. The van der Waals surface area contributed by atoms with Crippen LogP contribution >= 0.6 is 0 Å². The van der Waals surface area contributed by atoms with Crippen LogP contribution in [0.2, 0.25) is 0 Å². The molecule has 184 valence electrons. The highest BCUT2D eigenvalue weighted by Crippen LogP contribution is 2.28. The Morgan fingerprint density at radius 1 is 0.629 bits per heavy atom. The van der Waals surface area contributed by atoms with E-state index < -0.39 is 0 Å². The smallest absolute Gasteiger partial charge is 0.229 e. The molecule has 0 amide bonds. The Balaban J connectivity index is 1.06. The Morgan fingerprint density at radius 2 is 1.26 bits per heavy atom. The molecular weight excluding hydrogens is 434 g/mol. The van der Waals surface area contributed by atoms with Crippen molar-refractivity contribution in [1.82, 2.24) is 14.9 Å². The molecule has 3 aromatic rings. The van der Waals surface area contributed by atoms with Crippen LogP contribution < -0.4 is 20.0 Å². The molecule has 0 radical (unpaired) electrons. The Hall–Kier alpha value is -3.06. The van der Waals surface area contributed by atoms with Gasteiger partial charge in [0.25, 0.3) is 0 Å². The van der Waals surface area contributed by atoms with E-state index in [1.54, 1.807) is 0 Å². The predicted octanol–water partition coefficient (Wildman–Crippen LogP) is 4.06. The van der Waals surface area contributed by atoms with E-state index in [9.17, 15) is 0 Å². The van der Waals surface area contributed by atoms with Gasteiger partial charge in [0.15, 0.2) is 0 Å². The first-order valence-corrected chi connectivity index (χ1v) is 13.4. The Morgan fingerprint density at radius 3 is 1.97 bits per heavy atom. The molecular formula is C28H37N7. The van der Waals surface area contributed by atoms with Crippen molar-refractivity contribution in [3.63, 3.8) is 0 Å². The normalized spacial score (nSPS) is 19.1. The van der Waals surface area contributed by atoms with Crippen LogP contribution in [0.4, 0.5) is 23.3 Å². The zero-order valence-corrected chi connectivity index (χ0v) is 20.7. The summed E-state index contributed by atoms with van der Waals surface area (Å²) in [6.45, 7) is 10.6. The zero-order chi connectivity index (χ0) is 23.5. The molecule has 4 heterocycles. The van der Waals surface area contributed by atoms with E-state index in [-0.39, 0.29) is 0 Å². The van der Waals surface area contributed by atoms with Gasteiger partial charge in [-0.1, -0.05) is 30.3 Å². The summed E-state index contributed by atoms with van der Waals surface area (Å²) in [5.41, 5.74) is 1.20. The average Bonchev–Trinajstić information content (AvgIpc) is 3.64. The second-order valence-corrected chi connectivity index (χ2v) is 10.1. The van der Waals surface area contributed by atoms with Crippen molar-refractivity contribution in [3.05, 3.63) is 48.5 Å². The van der Waals surface area contributed by atoms with E-state index in [4.69, 9.17) is 9.97 Å². The van der Waals surface area contributed by atoms with Gasteiger partial charge in [-0.2, -0.15) is 9.97 Å². The molecule has 3 fully saturated rings. The molecule has 0 bridgehead atoms. The average molecular weight is 472 g/mol. The molecule has 3 aliphatic rings. The van der Waals surface area contributed by atoms with E-state index in [0.29, 0.717) is 0 Å². The Bertz CT molecular complexity index is 1090. The monoisotopic (exact) mass is 471 g/mol. The SMILES string of the molecule is c1ccc2cc(NCCN3CCN(c4cc(N5CCCC5)nc(N5CCCC5)n4)CC3)ccc2c1. The summed E-state index contributed by atoms with van der Waals surface area (Å²) in [6.07, 6.45) is 5.03. The van der Waals surface area contributed by atoms with Crippen molar-refractivity contribution in [3.8, 4) is 0 Å². The lowest BCUT2D eigenvalue weighted by molar-refractivity contribution is 0.266. The van der Waals surface area contributed by atoms with Gasteiger partial charge in [0, 0.05) is 77.2 Å². The molecule has 0 spiro atoms. The summed E-state index contributed by atoms with van der Waals surface area (Å²) in [6, 6.07) is 17.4. The van der Waals surface area contributed by atoms with Crippen molar-refractivity contribution in [2.24, 2.45) is 0 Å². The molecule has 0 saturated carbocycles. The van der Waals surface area contributed by atoms with Gasteiger partial charge < -0.3 is 20.0 Å². The minimum atomic E-state index is 0.934. The van der Waals surface area contributed by atoms with Crippen LogP contribution in [-0.4, -0.2) is 80.3 Å². The van der Waals surface area contributed by atoms with Crippen molar-refractivity contribution < 1.29 is 0 Å². The summed E-state index contributed by atoms with van der Waals surface area (Å²) in [7, 11) is 0. The standard InChI is InChI=1S/C28H37N7/c1-2-8-24-21-25(10-9-23(24)7-1)29-11-16-32-17-19-34(20-18-32)27-22-26(33-12-3-4-13-33)30-28(31-27)35-14-5-6-15-35/h1-2,7-10,21-22,29H,3-6,11-20H2. The zero-order valence-electron chi connectivity index (χ0n) is 20.7. The van der Waals surface area contributed by atoms with Gasteiger partial charge >= 0.3 is 0 Å². The van der Waals surface area contributed by atoms with Crippen LogP contribution in [0.3, 0.4) is 0 Å². The number of hydrogen-bond acceptors (Lipinski definition) is 7. The summed E-state index contributed by atoms with van der Waals surface area (Å²) in [5.74, 6) is 3.16. The van der Waals surface area contributed by atoms with Crippen LogP contribution in [0.5, 0.6) is 0 Å². The summed E-state index contributed by atoms with van der Waals surface area (Å²) in [5, 5.41) is 6.20. The third-order valence-electron chi connectivity index (χ3n) is 7.71. The molecule has 6 rings (SSSR count). The van der Waals surface area contributed by atoms with Crippen molar-refractivity contribution in [1.29, 1.82) is 0 Å². The molecule has 3 saturated heterocycles. The largest absolute Gasteiger partial charge is 0.384 e. The van der Waals surface area contributed by atoms with Crippen molar-refractivity contribution in [2.45, 2.75) is 25.7 Å². The van der Waals surface area contributed by atoms with Crippen LogP contribution in [-0.2, 0) is 0 Å². The number of aromatic nitrogens is 2. The number of fused-ring (bicyclic) bond motifs is 1. The first-order valence-electron chi connectivity index (χ1n) is 13.4. The van der Waals surface area contributed by atoms with E-state index >= 15 is 0 Å². The fourth-order valence-corrected chi connectivity index (χ4v) is 5.60. The molecule has 35 heavy (non-hydrogen) atoms. The predicted molar refractivity (Wildman–Crippen MR) is 146 cm³/mol.